The second kappa shape index (κ2) is 6.77. The van der Waals surface area contributed by atoms with E-state index in [0.29, 0.717) is 24.1 Å². The van der Waals surface area contributed by atoms with Gasteiger partial charge in [0.05, 0.1) is 12.0 Å². The molecule has 2 aliphatic heterocycles. The van der Waals surface area contributed by atoms with E-state index in [1.807, 2.05) is 26.0 Å². The Balaban J connectivity index is 1.69. The maximum atomic E-state index is 13.2. The molecule has 2 aliphatic rings. The Hall–Kier alpha value is -2.18. The van der Waals surface area contributed by atoms with Crippen LogP contribution < -0.4 is 5.43 Å². The fourth-order valence-electron chi connectivity index (χ4n) is 4.43. The largest absolute Gasteiger partial charge is 0.451 e. The number of piperidine rings is 1. The van der Waals surface area contributed by atoms with Crippen LogP contribution in [0.4, 0.5) is 0 Å². The minimum Gasteiger partial charge on any atom is -0.451 e. The van der Waals surface area contributed by atoms with Gasteiger partial charge in [0.1, 0.15) is 11.3 Å². The summed E-state index contributed by atoms with van der Waals surface area (Å²) in [5.74, 6) is -0.157. The number of ether oxygens (including phenoxy) is 1. The van der Waals surface area contributed by atoms with Gasteiger partial charge >= 0.3 is 0 Å². The molecule has 1 aromatic carbocycles. The summed E-state index contributed by atoms with van der Waals surface area (Å²) in [5, 5.41) is 0.542. The SMILES string of the molecule is CCN1CCC2(CC1)OCCN2C(=O)c1cc(=O)c2c(C)cc(C)cc2o1. The Labute approximate surface area is 158 Å². The summed E-state index contributed by atoms with van der Waals surface area (Å²) in [6, 6.07) is 5.10. The van der Waals surface area contributed by atoms with E-state index in [1.165, 1.54) is 6.07 Å². The highest BCUT2D eigenvalue weighted by Crippen LogP contribution is 2.35. The number of carbonyl (C=O) groups excluding carboxylic acids is 1. The Bertz CT molecular complexity index is 941. The van der Waals surface area contributed by atoms with Crippen LogP contribution in [0.15, 0.2) is 27.4 Å². The van der Waals surface area contributed by atoms with E-state index in [0.717, 1.165) is 43.6 Å². The van der Waals surface area contributed by atoms with Crippen LogP contribution in [0.2, 0.25) is 0 Å². The molecule has 3 heterocycles. The summed E-state index contributed by atoms with van der Waals surface area (Å²) in [6.45, 7) is 9.84. The molecule has 1 amide bonds. The normalized spacial score (nSPS) is 19.9. The van der Waals surface area contributed by atoms with Gasteiger partial charge in [-0.3, -0.25) is 9.59 Å². The van der Waals surface area contributed by atoms with E-state index in [9.17, 15) is 9.59 Å². The lowest BCUT2D eigenvalue weighted by molar-refractivity contribution is -0.105. The van der Waals surface area contributed by atoms with Gasteiger partial charge in [0.25, 0.3) is 5.91 Å². The Kier molecular flexibility index (Phi) is 4.56. The molecule has 0 bridgehead atoms. The molecule has 2 fully saturated rings. The maximum Gasteiger partial charge on any atom is 0.292 e. The van der Waals surface area contributed by atoms with E-state index in [-0.39, 0.29) is 17.1 Å². The lowest BCUT2D eigenvalue weighted by atomic mass is 9.98. The molecule has 6 heteroatoms. The van der Waals surface area contributed by atoms with Gasteiger partial charge in [-0.1, -0.05) is 13.0 Å². The third-order valence-corrected chi connectivity index (χ3v) is 5.89. The van der Waals surface area contributed by atoms with Crippen molar-refractivity contribution in [1.29, 1.82) is 0 Å². The molecule has 2 aromatic rings. The van der Waals surface area contributed by atoms with Gasteiger partial charge in [-0.2, -0.15) is 0 Å². The number of likely N-dealkylation sites (tertiary alicyclic amines) is 1. The first-order valence-corrected chi connectivity index (χ1v) is 9.67. The van der Waals surface area contributed by atoms with Crippen LogP contribution in [0.1, 0.15) is 41.4 Å². The predicted molar refractivity (Wildman–Crippen MR) is 103 cm³/mol. The molecule has 144 valence electrons. The van der Waals surface area contributed by atoms with Crippen molar-refractivity contribution >= 4 is 16.9 Å². The molecule has 0 saturated carbocycles. The highest BCUT2D eigenvalue weighted by molar-refractivity contribution is 5.94. The van der Waals surface area contributed by atoms with Crippen molar-refractivity contribution in [3.05, 3.63) is 45.3 Å². The lowest BCUT2D eigenvalue weighted by Gasteiger charge is -2.43. The second-order valence-corrected chi connectivity index (χ2v) is 7.62. The first-order valence-electron chi connectivity index (χ1n) is 9.67. The van der Waals surface area contributed by atoms with Gasteiger partial charge < -0.3 is 19.0 Å². The van der Waals surface area contributed by atoms with Crippen molar-refractivity contribution in [2.24, 2.45) is 0 Å². The molecule has 0 N–H and O–H groups in total. The molecule has 1 spiro atoms. The number of hydrogen-bond donors (Lipinski definition) is 0. The Morgan fingerprint density at radius 2 is 1.89 bits per heavy atom. The van der Waals surface area contributed by atoms with Crippen LogP contribution >= 0.6 is 0 Å². The van der Waals surface area contributed by atoms with Crippen LogP contribution in [0.25, 0.3) is 11.0 Å². The summed E-state index contributed by atoms with van der Waals surface area (Å²) in [5.41, 5.74) is 1.59. The van der Waals surface area contributed by atoms with Crippen LogP contribution in [0.3, 0.4) is 0 Å². The average molecular weight is 370 g/mol. The highest BCUT2D eigenvalue weighted by atomic mass is 16.5. The van der Waals surface area contributed by atoms with E-state index < -0.39 is 5.72 Å². The zero-order valence-electron chi connectivity index (χ0n) is 16.2. The van der Waals surface area contributed by atoms with Crippen molar-refractivity contribution in [2.75, 3.05) is 32.8 Å². The zero-order chi connectivity index (χ0) is 19.2. The van der Waals surface area contributed by atoms with Crippen molar-refractivity contribution in [3.63, 3.8) is 0 Å². The summed E-state index contributed by atoms with van der Waals surface area (Å²) < 4.78 is 11.9. The average Bonchev–Trinajstić information content (AvgIpc) is 3.03. The highest BCUT2D eigenvalue weighted by Gasteiger charge is 2.47. The van der Waals surface area contributed by atoms with Crippen LogP contribution in [0, 0.1) is 13.8 Å². The molecular formula is C21H26N2O4. The monoisotopic (exact) mass is 370 g/mol. The molecule has 27 heavy (non-hydrogen) atoms. The van der Waals surface area contributed by atoms with Crippen molar-refractivity contribution in [1.82, 2.24) is 9.80 Å². The molecule has 1 aromatic heterocycles. The van der Waals surface area contributed by atoms with Gasteiger partial charge in [-0.05, 0) is 37.6 Å². The van der Waals surface area contributed by atoms with Crippen molar-refractivity contribution < 1.29 is 13.9 Å². The second-order valence-electron chi connectivity index (χ2n) is 7.62. The molecule has 4 rings (SSSR count). The van der Waals surface area contributed by atoms with E-state index in [1.54, 1.807) is 4.90 Å². The third kappa shape index (κ3) is 3.07. The minimum atomic E-state index is -0.571. The maximum absolute atomic E-state index is 13.2. The number of nitrogens with zero attached hydrogens (tertiary/aromatic N) is 2. The van der Waals surface area contributed by atoms with E-state index in [2.05, 4.69) is 11.8 Å². The summed E-state index contributed by atoms with van der Waals surface area (Å²) in [7, 11) is 0. The quantitative estimate of drug-likeness (QED) is 0.813. The number of rotatable bonds is 2. The molecule has 0 aliphatic carbocycles. The van der Waals surface area contributed by atoms with Gasteiger partial charge in [-0.15, -0.1) is 0 Å². The number of amides is 1. The molecule has 6 nitrogen and oxygen atoms in total. The number of fused-ring (bicyclic) bond motifs is 1. The predicted octanol–water partition coefficient (Wildman–Crippen LogP) is 2.69. The first kappa shape index (κ1) is 18.2. The lowest BCUT2D eigenvalue weighted by Crippen LogP contribution is -2.54. The number of carbonyl (C=O) groups is 1. The molecule has 2 saturated heterocycles. The molecule has 0 radical (unpaired) electrons. The fraction of sp³-hybridized carbons (Fsp3) is 0.524. The topological polar surface area (TPSA) is 63.0 Å². The van der Waals surface area contributed by atoms with Crippen LogP contribution in [0.5, 0.6) is 0 Å². The van der Waals surface area contributed by atoms with E-state index in [4.69, 9.17) is 9.15 Å². The van der Waals surface area contributed by atoms with Gasteiger partial charge in [0.2, 0.25) is 0 Å². The van der Waals surface area contributed by atoms with Crippen molar-refractivity contribution in [2.45, 2.75) is 39.3 Å². The minimum absolute atomic E-state index is 0.0975. The summed E-state index contributed by atoms with van der Waals surface area (Å²) >= 11 is 0. The Morgan fingerprint density at radius 3 is 2.59 bits per heavy atom. The summed E-state index contributed by atoms with van der Waals surface area (Å²) in [4.78, 5) is 30.0. The molecular weight excluding hydrogens is 344 g/mol. The fourth-order valence-corrected chi connectivity index (χ4v) is 4.43. The van der Waals surface area contributed by atoms with Crippen molar-refractivity contribution in [3.8, 4) is 0 Å². The van der Waals surface area contributed by atoms with Gasteiger partial charge in [0.15, 0.2) is 11.2 Å². The number of aryl methyl sites for hydroxylation is 2. The standard InChI is InChI=1S/C21H26N2O4/c1-4-22-7-5-21(6-8-22)23(9-10-26-21)20(25)18-13-16(24)19-15(3)11-14(2)12-17(19)27-18/h11-13H,4-10H2,1-3H3. The Morgan fingerprint density at radius 1 is 1.15 bits per heavy atom. The number of hydrogen-bond acceptors (Lipinski definition) is 5. The smallest absolute Gasteiger partial charge is 0.292 e. The summed E-state index contributed by atoms with van der Waals surface area (Å²) in [6.07, 6.45) is 1.56. The van der Waals surface area contributed by atoms with Gasteiger partial charge in [0, 0.05) is 38.5 Å². The third-order valence-electron chi connectivity index (χ3n) is 5.89. The molecule has 0 atom stereocenters. The van der Waals surface area contributed by atoms with Gasteiger partial charge in [-0.25, -0.2) is 0 Å². The van der Waals surface area contributed by atoms with E-state index >= 15 is 0 Å². The molecule has 0 unspecified atom stereocenters. The number of benzene rings is 1. The van der Waals surface area contributed by atoms with Crippen LogP contribution in [-0.2, 0) is 4.74 Å². The zero-order valence-corrected chi connectivity index (χ0v) is 16.2. The first-order chi connectivity index (χ1) is 12.9. The van der Waals surface area contributed by atoms with Crippen LogP contribution in [-0.4, -0.2) is 54.2 Å².